The van der Waals surface area contributed by atoms with Crippen LogP contribution in [0.1, 0.15) is 24.7 Å². The van der Waals surface area contributed by atoms with Gasteiger partial charge in [0, 0.05) is 5.56 Å². The van der Waals surface area contributed by atoms with Crippen LogP contribution in [0.3, 0.4) is 0 Å². The van der Waals surface area contributed by atoms with E-state index in [0.717, 1.165) is 40.9 Å². The Balaban J connectivity index is 2.15. The van der Waals surface area contributed by atoms with E-state index in [0.29, 0.717) is 0 Å². The number of imidazole rings is 1. The molecule has 1 aromatic heterocycles. The van der Waals surface area contributed by atoms with Crippen molar-refractivity contribution in [3.05, 3.63) is 34.6 Å². The smallest absolute Gasteiger partial charge is 0.142 e. The van der Waals surface area contributed by atoms with E-state index in [1.165, 1.54) is 0 Å². The summed E-state index contributed by atoms with van der Waals surface area (Å²) in [5.41, 5.74) is 8.31. The van der Waals surface area contributed by atoms with Gasteiger partial charge in [0.2, 0.25) is 0 Å². The molecule has 0 amide bonds. The summed E-state index contributed by atoms with van der Waals surface area (Å²) in [6, 6.07) is 7.05. The van der Waals surface area contributed by atoms with Crippen LogP contribution in [0.5, 0.6) is 5.75 Å². The molecular formula is C13H14BrN3O. The van der Waals surface area contributed by atoms with Gasteiger partial charge in [0.05, 0.1) is 11.9 Å². The number of rotatable bonds is 1. The highest BCUT2D eigenvalue weighted by Gasteiger charge is 2.24. The third kappa shape index (κ3) is 1.83. The lowest BCUT2D eigenvalue weighted by Gasteiger charge is -2.24. The second-order valence-corrected chi connectivity index (χ2v) is 5.30. The molecule has 0 bridgehead atoms. The molecule has 0 radical (unpaired) electrons. The van der Waals surface area contributed by atoms with Gasteiger partial charge in [-0.25, -0.2) is 4.98 Å². The summed E-state index contributed by atoms with van der Waals surface area (Å²) in [6.45, 7) is 0. The Hall–Kier alpha value is -1.33. The van der Waals surface area contributed by atoms with Gasteiger partial charge in [-0.05, 0) is 59.5 Å². The van der Waals surface area contributed by atoms with Gasteiger partial charge in [0.1, 0.15) is 16.2 Å². The Bertz CT molecular complexity index is 577. The maximum atomic E-state index is 9.34. The molecule has 3 N–H and O–H groups in total. The number of nitrogens with two attached hydrogens (primary N) is 1. The number of hydrogen-bond acceptors (Lipinski definition) is 3. The molecule has 5 heteroatoms. The molecule has 2 heterocycles. The number of aromatic hydroxyl groups is 1. The van der Waals surface area contributed by atoms with Gasteiger partial charge in [0.25, 0.3) is 0 Å². The van der Waals surface area contributed by atoms with Crippen LogP contribution in [-0.2, 0) is 6.42 Å². The fourth-order valence-electron chi connectivity index (χ4n) is 2.44. The summed E-state index contributed by atoms with van der Waals surface area (Å²) < 4.78 is 2.97. The summed E-state index contributed by atoms with van der Waals surface area (Å²) in [7, 11) is 0. The normalized spacial score (nSPS) is 18.7. The molecule has 0 fully saturated rings. The number of nitrogens with zero attached hydrogens (tertiary/aromatic N) is 2. The largest absolute Gasteiger partial charge is 0.508 e. The molecule has 0 aliphatic carbocycles. The van der Waals surface area contributed by atoms with Crippen LogP contribution in [0.15, 0.2) is 28.9 Å². The first-order valence-corrected chi connectivity index (χ1v) is 6.77. The molecule has 1 aromatic carbocycles. The molecule has 1 aliphatic heterocycles. The van der Waals surface area contributed by atoms with Gasteiger partial charge in [-0.2, -0.15) is 0 Å². The molecule has 0 spiro atoms. The topological polar surface area (TPSA) is 64.1 Å². The first kappa shape index (κ1) is 11.7. The van der Waals surface area contributed by atoms with Crippen molar-refractivity contribution in [2.24, 2.45) is 5.73 Å². The molecule has 1 atom stereocenters. The van der Waals surface area contributed by atoms with Crippen molar-refractivity contribution in [1.29, 1.82) is 0 Å². The second-order valence-electron chi connectivity index (χ2n) is 4.55. The SMILES string of the molecule is NC1CCCc2c(Br)nc(-c3ccc(O)cc3)n21. The highest BCUT2D eigenvalue weighted by molar-refractivity contribution is 9.10. The highest BCUT2D eigenvalue weighted by atomic mass is 79.9. The van der Waals surface area contributed by atoms with Crippen LogP contribution < -0.4 is 5.73 Å². The van der Waals surface area contributed by atoms with Gasteiger partial charge < -0.3 is 15.4 Å². The van der Waals surface area contributed by atoms with Crippen molar-refractivity contribution < 1.29 is 5.11 Å². The predicted octanol–water partition coefficient (Wildman–Crippen LogP) is 2.81. The molecule has 1 unspecified atom stereocenters. The summed E-state index contributed by atoms with van der Waals surface area (Å²) in [6.07, 6.45) is 3.05. The lowest BCUT2D eigenvalue weighted by molar-refractivity contribution is 0.417. The van der Waals surface area contributed by atoms with Crippen molar-refractivity contribution >= 4 is 15.9 Å². The van der Waals surface area contributed by atoms with E-state index in [1.54, 1.807) is 12.1 Å². The maximum Gasteiger partial charge on any atom is 0.142 e. The number of fused-ring (bicyclic) bond motifs is 1. The molecule has 0 saturated carbocycles. The van der Waals surface area contributed by atoms with Gasteiger partial charge in [-0.3, -0.25) is 0 Å². The van der Waals surface area contributed by atoms with Crippen LogP contribution in [0.4, 0.5) is 0 Å². The predicted molar refractivity (Wildman–Crippen MR) is 73.2 cm³/mol. The Morgan fingerprint density at radius 2 is 2.06 bits per heavy atom. The fraction of sp³-hybridized carbons (Fsp3) is 0.308. The van der Waals surface area contributed by atoms with Crippen molar-refractivity contribution in [3.63, 3.8) is 0 Å². The Labute approximate surface area is 114 Å². The number of phenols is 1. The van der Waals surface area contributed by atoms with Gasteiger partial charge >= 0.3 is 0 Å². The number of halogens is 1. The van der Waals surface area contributed by atoms with E-state index < -0.39 is 0 Å². The van der Waals surface area contributed by atoms with Crippen LogP contribution in [0.2, 0.25) is 0 Å². The zero-order chi connectivity index (χ0) is 12.7. The fourth-order valence-corrected chi connectivity index (χ4v) is 3.00. The lowest BCUT2D eigenvalue weighted by Crippen LogP contribution is -2.25. The maximum absolute atomic E-state index is 9.34. The molecule has 1 aliphatic rings. The van der Waals surface area contributed by atoms with E-state index >= 15 is 0 Å². The number of benzene rings is 1. The first-order valence-electron chi connectivity index (χ1n) is 5.98. The minimum Gasteiger partial charge on any atom is -0.508 e. The molecule has 3 rings (SSSR count). The Kier molecular flexibility index (Phi) is 2.87. The average molecular weight is 308 g/mol. The van der Waals surface area contributed by atoms with Crippen molar-refractivity contribution in [2.45, 2.75) is 25.4 Å². The van der Waals surface area contributed by atoms with Crippen LogP contribution in [0.25, 0.3) is 11.4 Å². The van der Waals surface area contributed by atoms with Crippen molar-refractivity contribution in [3.8, 4) is 17.1 Å². The van der Waals surface area contributed by atoms with Crippen LogP contribution in [-0.4, -0.2) is 14.7 Å². The van der Waals surface area contributed by atoms with Gasteiger partial charge in [-0.1, -0.05) is 0 Å². The van der Waals surface area contributed by atoms with E-state index in [4.69, 9.17) is 5.73 Å². The molecule has 94 valence electrons. The summed E-state index contributed by atoms with van der Waals surface area (Å²) in [4.78, 5) is 4.56. The summed E-state index contributed by atoms with van der Waals surface area (Å²) in [5.74, 6) is 1.12. The van der Waals surface area contributed by atoms with Crippen LogP contribution >= 0.6 is 15.9 Å². The van der Waals surface area contributed by atoms with Crippen LogP contribution in [0, 0.1) is 0 Å². The van der Waals surface area contributed by atoms with Gasteiger partial charge in [-0.15, -0.1) is 0 Å². The highest BCUT2D eigenvalue weighted by Crippen LogP contribution is 2.33. The third-order valence-corrected chi connectivity index (χ3v) is 3.97. The van der Waals surface area contributed by atoms with Gasteiger partial charge in [0.15, 0.2) is 0 Å². The number of aromatic nitrogens is 2. The van der Waals surface area contributed by atoms with Crippen molar-refractivity contribution in [1.82, 2.24) is 9.55 Å². The zero-order valence-corrected chi connectivity index (χ0v) is 11.4. The standard InChI is InChI=1S/C13H14BrN3O/c14-12-10-2-1-3-11(15)17(10)13(16-12)8-4-6-9(18)7-5-8/h4-7,11,18H,1-3,15H2. The Morgan fingerprint density at radius 1 is 1.33 bits per heavy atom. The van der Waals surface area contributed by atoms with Crippen molar-refractivity contribution in [2.75, 3.05) is 0 Å². The molecule has 18 heavy (non-hydrogen) atoms. The number of phenolic OH excluding ortho intramolecular Hbond substituents is 1. The monoisotopic (exact) mass is 307 g/mol. The Morgan fingerprint density at radius 3 is 2.78 bits per heavy atom. The summed E-state index contributed by atoms with van der Waals surface area (Å²) in [5, 5.41) is 9.34. The molecule has 2 aromatic rings. The lowest BCUT2D eigenvalue weighted by atomic mass is 10.1. The van der Waals surface area contributed by atoms with E-state index in [1.807, 2.05) is 12.1 Å². The average Bonchev–Trinajstić information content (AvgIpc) is 2.70. The third-order valence-electron chi connectivity index (χ3n) is 3.33. The molecular weight excluding hydrogens is 294 g/mol. The first-order chi connectivity index (χ1) is 8.66. The zero-order valence-electron chi connectivity index (χ0n) is 9.81. The number of hydrogen-bond donors (Lipinski definition) is 2. The summed E-state index contributed by atoms with van der Waals surface area (Å²) >= 11 is 3.51. The molecule has 0 saturated heterocycles. The van der Waals surface area contributed by atoms with E-state index in [-0.39, 0.29) is 11.9 Å². The molecule has 4 nitrogen and oxygen atoms in total. The second kappa shape index (κ2) is 4.40. The quantitative estimate of drug-likeness (QED) is 0.851. The minimum atomic E-state index is -0.0173. The van der Waals surface area contributed by atoms with E-state index in [9.17, 15) is 5.11 Å². The minimum absolute atomic E-state index is 0.0173. The van der Waals surface area contributed by atoms with E-state index in [2.05, 4.69) is 25.5 Å².